The topological polar surface area (TPSA) is 28.5 Å². The van der Waals surface area contributed by atoms with Crippen LogP contribution in [0.1, 0.15) is 45.1 Å². The molecule has 0 saturated carbocycles. The fourth-order valence-electron chi connectivity index (χ4n) is 4.20. The van der Waals surface area contributed by atoms with Crippen LogP contribution < -0.4 is 15.5 Å². The number of hydrogen-bond acceptors (Lipinski definition) is 1. The molecular weight excluding hydrogens is 302 g/mol. The Balaban J connectivity index is 1.52. The Hall–Kier alpha value is -1.13. The number of rotatable bonds is 5. The molecule has 2 atom stereocenters. The number of quaternary nitrogens is 1. The molecule has 3 nitrogen and oxygen atoms in total. The minimum Gasteiger partial charge on any atom is -0.362 e. The molecule has 2 bridgehead atoms. The first-order chi connectivity index (χ1) is 11.1. The number of fused-ring (bicyclic) bond motifs is 2. The quantitative estimate of drug-likeness (QED) is 0.719. The van der Waals surface area contributed by atoms with Gasteiger partial charge in [0.25, 0.3) is 0 Å². The summed E-state index contributed by atoms with van der Waals surface area (Å²) in [5, 5.41) is 7.75. The molecule has 2 aliphatic rings. The second-order valence-electron chi connectivity index (χ2n) is 7.63. The molecule has 0 aliphatic carbocycles. The Morgan fingerprint density at radius 3 is 2.43 bits per heavy atom. The van der Waals surface area contributed by atoms with E-state index < -0.39 is 0 Å². The zero-order valence-electron chi connectivity index (χ0n) is 14.3. The third-order valence-corrected chi connectivity index (χ3v) is 5.57. The zero-order valence-corrected chi connectivity index (χ0v) is 15.2. The molecule has 0 aromatic heterocycles. The van der Waals surface area contributed by atoms with Crippen LogP contribution in [0.4, 0.5) is 0 Å². The largest absolute Gasteiger partial charge is 0.362 e. The highest BCUT2D eigenvalue weighted by molar-refractivity contribution is 7.80. The summed E-state index contributed by atoms with van der Waals surface area (Å²) in [6.07, 6.45) is 5.25. The van der Waals surface area contributed by atoms with Crippen molar-refractivity contribution in [3.63, 3.8) is 0 Å². The van der Waals surface area contributed by atoms with Crippen molar-refractivity contribution in [1.29, 1.82) is 0 Å². The van der Waals surface area contributed by atoms with E-state index in [1.54, 1.807) is 4.90 Å². The molecule has 4 heteroatoms. The number of benzene rings is 1. The summed E-state index contributed by atoms with van der Waals surface area (Å²) in [4.78, 5) is 1.80. The molecule has 1 aromatic carbocycles. The van der Waals surface area contributed by atoms with Crippen LogP contribution in [-0.4, -0.2) is 29.8 Å². The molecule has 0 radical (unpaired) electrons. The van der Waals surface area contributed by atoms with E-state index in [9.17, 15) is 0 Å². The Morgan fingerprint density at radius 2 is 1.83 bits per heavy atom. The smallest absolute Gasteiger partial charge is 0.166 e. The van der Waals surface area contributed by atoms with Crippen molar-refractivity contribution in [2.24, 2.45) is 5.92 Å². The number of piperidine rings is 1. The highest BCUT2D eigenvalue weighted by Gasteiger charge is 2.44. The first kappa shape index (κ1) is 16.7. The first-order valence-corrected chi connectivity index (χ1v) is 9.46. The minimum absolute atomic E-state index is 0.555. The third-order valence-electron chi connectivity index (χ3n) is 5.31. The van der Waals surface area contributed by atoms with Crippen LogP contribution >= 0.6 is 12.2 Å². The van der Waals surface area contributed by atoms with Gasteiger partial charge in [-0.25, -0.2) is 0 Å². The Morgan fingerprint density at radius 1 is 1.17 bits per heavy atom. The van der Waals surface area contributed by atoms with E-state index in [4.69, 9.17) is 12.2 Å². The summed E-state index contributed by atoms with van der Waals surface area (Å²) in [5.74, 6) is 0.628. The van der Waals surface area contributed by atoms with Crippen LogP contribution in [0.25, 0.3) is 0 Å². The summed E-state index contributed by atoms with van der Waals surface area (Å²) in [5.41, 5.74) is 1.47. The molecule has 0 spiro atoms. The summed E-state index contributed by atoms with van der Waals surface area (Å²) in [6, 6.07) is 13.1. The lowest BCUT2D eigenvalue weighted by Crippen LogP contribution is -3.17. The van der Waals surface area contributed by atoms with Crippen LogP contribution in [-0.2, 0) is 6.54 Å². The average Bonchev–Trinajstić information content (AvgIpc) is 2.77. The van der Waals surface area contributed by atoms with Crippen LogP contribution in [0, 0.1) is 5.92 Å². The molecule has 2 saturated heterocycles. The van der Waals surface area contributed by atoms with Crippen LogP contribution in [0.5, 0.6) is 0 Å². The van der Waals surface area contributed by atoms with Gasteiger partial charge in [-0.05, 0) is 18.1 Å². The molecule has 2 heterocycles. The highest BCUT2D eigenvalue weighted by atomic mass is 32.1. The van der Waals surface area contributed by atoms with E-state index in [1.807, 2.05) is 0 Å². The lowest BCUT2D eigenvalue weighted by Gasteiger charge is -2.37. The first-order valence-electron chi connectivity index (χ1n) is 9.05. The van der Waals surface area contributed by atoms with E-state index in [2.05, 4.69) is 54.8 Å². The van der Waals surface area contributed by atoms with Gasteiger partial charge in [-0.3, -0.25) is 0 Å². The molecule has 1 aromatic rings. The van der Waals surface area contributed by atoms with E-state index in [1.165, 1.54) is 37.8 Å². The Labute approximate surface area is 145 Å². The van der Waals surface area contributed by atoms with E-state index in [0.29, 0.717) is 12.0 Å². The van der Waals surface area contributed by atoms with E-state index in [0.717, 1.165) is 23.7 Å². The second-order valence-corrected chi connectivity index (χ2v) is 8.03. The Kier molecular flexibility index (Phi) is 5.54. The summed E-state index contributed by atoms with van der Waals surface area (Å²) < 4.78 is 0. The predicted octanol–water partition coefficient (Wildman–Crippen LogP) is 1.89. The van der Waals surface area contributed by atoms with Crippen molar-refractivity contribution in [3.05, 3.63) is 35.9 Å². The molecule has 2 aliphatic heterocycles. The minimum atomic E-state index is 0.555. The standard InChI is InChI=1S/C19H29N3S/c1-14(2)12-20-19(23)21-16-10-17-8-9-18(11-16)22(17)13-15-6-4-3-5-7-15/h3-7,14,16-18H,8-13H2,1-2H3,(H2,20,21,23)/p+1/t17-,18-/m1/s1. The van der Waals surface area contributed by atoms with Crippen molar-refractivity contribution in [1.82, 2.24) is 10.6 Å². The molecule has 3 N–H and O–H groups in total. The SMILES string of the molecule is CC(C)CNC(=S)NC1C[C@H]2CC[C@H](C1)[NH+]2Cc1ccccc1. The Bertz CT molecular complexity index is 503. The fraction of sp³-hybridized carbons (Fsp3) is 0.632. The van der Waals surface area contributed by atoms with Crippen molar-refractivity contribution in [2.75, 3.05) is 6.54 Å². The van der Waals surface area contributed by atoms with Crippen molar-refractivity contribution in [2.45, 2.75) is 64.2 Å². The van der Waals surface area contributed by atoms with Gasteiger partial charge < -0.3 is 15.5 Å². The molecule has 2 fully saturated rings. The summed E-state index contributed by atoms with van der Waals surface area (Å²) in [6.45, 7) is 6.55. The van der Waals surface area contributed by atoms with E-state index >= 15 is 0 Å². The molecule has 23 heavy (non-hydrogen) atoms. The monoisotopic (exact) mass is 332 g/mol. The van der Waals surface area contributed by atoms with Crippen molar-refractivity contribution >= 4 is 17.3 Å². The fourth-order valence-corrected chi connectivity index (χ4v) is 4.45. The van der Waals surface area contributed by atoms with Gasteiger partial charge in [-0.1, -0.05) is 44.2 Å². The van der Waals surface area contributed by atoms with Gasteiger partial charge in [0.1, 0.15) is 6.54 Å². The molecule has 0 unspecified atom stereocenters. The van der Waals surface area contributed by atoms with Gasteiger partial charge in [0.2, 0.25) is 0 Å². The zero-order chi connectivity index (χ0) is 16.2. The van der Waals surface area contributed by atoms with E-state index in [-0.39, 0.29) is 0 Å². The number of thiocarbonyl (C=S) groups is 1. The average molecular weight is 333 g/mol. The molecule has 0 amide bonds. The van der Waals surface area contributed by atoms with Crippen LogP contribution in [0.15, 0.2) is 30.3 Å². The van der Waals surface area contributed by atoms with Gasteiger partial charge in [-0.15, -0.1) is 0 Å². The normalized spacial score (nSPS) is 29.5. The summed E-state index contributed by atoms with van der Waals surface area (Å²) in [7, 11) is 0. The van der Waals surface area contributed by atoms with Crippen LogP contribution in [0.3, 0.4) is 0 Å². The van der Waals surface area contributed by atoms with Gasteiger partial charge in [0.05, 0.1) is 12.1 Å². The molecular formula is C19H30N3S+. The maximum atomic E-state index is 5.46. The maximum absolute atomic E-state index is 5.46. The highest BCUT2D eigenvalue weighted by Crippen LogP contribution is 2.23. The molecule has 3 rings (SSSR count). The molecule has 126 valence electrons. The lowest BCUT2D eigenvalue weighted by molar-refractivity contribution is -0.954. The van der Waals surface area contributed by atoms with Gasteiger partial charge >= 0.3 is 0 Å². The maximum Gasteiger partial charge on any atom is 0.166 e. The lowest BCUT2D eigenvalue weighted by atomic mass is 9.96. The summed E-state index contributed by atoms with van der Waals surface area (Å²) >= 11 is 5.46. The van der Waals surface area contributed by atoms with Gasteiger partial charge in [0.15, 0.2) is 5.11 Å². The van der Waals surface area contributed by atoms with Crippen molar-refractivity contribution < 1.29 is 4.90 Å². The third kappa shape index (κ3) is 4.45. The number of hydrogen-bond donors (Lipinski definition) is 3. The van der Waals surface area contributed by atoms with Gasteiger partial charge in [0, 0.05) is 43.8 Å². The predicted molar refractivity (Wildman–Crippen MR) is 99.5 cm³/mol. The van der Waals surface area contributed by atoms with Crippen LogP contribution in [0.2, 0.25) is 0 Å². The number of nitrogens with one attached hydrogen (secondary N) is 3. The van der Waals surface area contributed by atoms with Crippen molar-refractivity contribution in [3.8, 4) is 0 Å². The van der Waals surface area contributed by atoms with Gasteiger partial charge in [-0.2, -0.15) is 0 Å². The second kappa shape index (κ2) is 7.63.